The van der Waals surface area contributed by atoms with E-state index < -0.39 is 0 Å². The number of alkyl halides is 1. The van der Waals surface area contributed by atoms with Gasteiger partial charge in [0.05, 0.1) is 152 Å². The van der Waals surface area contributed by atoms with E-state index in [1.54, 1.807) is 6.08 Å². The fraction of sp³-hybridized carbons (Fsp3) is 0.935. The van der Waals surface area contributed by atoms with Gasteiger partial charge in [0.25, 0.3) is 0 Å². The summed E-state index contributed by atoms with van der Waals surface area (Å²) >= 11 is 2.42. The lowest BCUT2D eigenvalue weighted by molar-refractivity contribution is -0.0282. The maximum atomic E-state index is 5.56. The van der Waals surface area contributed by atoms with Crippen molar-refractivity contribution in [2.24, 2.45) is 0 Å². The zero-order valence-corrected chi connectivity index (χ0v) is 29.2. The van der Waals surface area contributed by atoms with Crippen LogP contribution in [0.5, 0.6) is 0 Å². The average molecular weight is 753 g/mol. The topological polar surface area (TPSA) is 111 Å². The molecule has 0 unspecified atom stereocenters. The van der Waals surface area contributed by atoms with E-state index in [2.05, 4.69) is 29.2 Å². The Morgan fingerprint density at radius 3 is 0.773 bits per heavy atom. The summed E-state index contributed by atoms with van der Waals surface area (Å²) in [6.45, 7) is 16.9. The van der Waals surface area contributed by atoms with E-state index in [4.69, 9.17) is 56.8 Å². The van der Waals surface area contributed by atoms with Crippen molar-refractivity contribution >= 4 is 22.6 Å². The Balaban J connectivity index is 3.03. The second-order valence-electron chi connectivity index (χ2n) is 9.20. The number of ether oxygens (including phenoxy) is 12. The van der Waals surface area contributed by atoms with Gasteiger partial charge < -0.3 is 56.8 Å². The number of halogens is 1. The summed E-state index contributed by atoms with van der Waals surface area (Å²) in [4.78, 5) is 0. The van der Waals surface area contributed by atoms with Gasteiger partial charge in [-0.15, -0.1) is 6.58 Å². The monoisotopic (exact) mass is 752 g/mol. The van der Waals surface area contributed by atoms with Crippen LogP contribution in [0.2, 0.25) is 0 Å². The lowest BCUT2D eigenvalue weighted by Gasteiger charge is -2.09. The molecule has 0 aromatic carbocycles. The maximum Gasteiger partial charge on any atom is 0.0704 e. The van der Waals surface area contributed by atoms with Crippen LogP contribution in [0.25, 0.3) is 0 Å². The zero-order chi connectivity index (χ0) is 31.7. The molecule has 0 aromatic rings. The maximum absolute atomic E-state index is 5.56. The molecule has 0 rings (SSSR count). The molecule has 0 radical (unpaired) electrons. The highest BCUT2D eigenvalue weighted by molar-refractivity contribution is 14.1. The largest absolute Gasteiger partial charge is 0.379 e. The third kappa shape index (κ3) is 42.0. The summed E-state index contributed by atoms with van der Waals surface area (Å²) in [6.07, 6.45) is 6.69. The van der Waals surface area contributed by atoms with Gasteiger partial charge in [-0.25, -0.2) is 0 Å². The molecule has 0 spiro atoms. The second kappa shape index (κ2) is 43.0. The molecular formula is C31H61IO12. The van der Waals surface area contributed by atoms with Crippen LogP contribution in [-0.4, -0.2) is 163 Å². The predicted molar refractivity (Wildman–Crippen MR) is 177 cm³/mol. The van der Waals surface area contributed by atoms with Crippen LogP contribution in [0.15, 0.2) is 12.7 Å². The fourth-order valence-corrected chi connectivity index (χ4v) is 3.78. The van der Waals surface area contributed by atoms with Crippen LogP contribution < -0.4 is 0 Å². The first kappa shape index (κ1) is 44.0. The van der Waals surface area contributed by atoms with Gasteiger partial charge in [0.1, 0.15) is 0 Å². The van der Waals surface area contributed by atoms with E-state index in [-0.39, 0.29) is 0 Å². The highest BCUT2D eigenvalue weighted by Gasteiger charge is 1.97. The molecule has 0 saturated heterocycles. The Morgan fingerprint density at radius 1 is 0.295 bits per heavy atom. The van der Waals surface area contributed by atoms with Crippen molar-refractivity contribution in [3.8, 4) is 0 Å². The number of hydrogen-bond acceptors (Lipinski definition) is 12. The molecule has 0 N–H and O–H groups in total. The molecule has 0 saturated carbocycles. The number of rotatable bonds is 41. The van der Waals surface area contributed by atoms with Gasteiger partial charge in [0.2, 0.25) is 0 Å². The van der Waals surface area contributed by atoms with Crippen molar-refractivity contribution < 1.29 is 56.8 Å². The minimum absolute atomic E-state index is 0.518. The van der Waals surface area contributed by atoms with Crippen molar-refractivity contribution in [3.05, 3.63) is 12.7 Å². The third-order valence-electron chi connectivity index (χ3n) is 5.50. The zero-order valence-electron chi connectivity index (χ0n) is 27.1. The SMILES string of the molecule is C=CCOCCOCCOCCOCCOCCOCCOCCOCCOCCOCCOCCOCCCCCCI. The molecule has 44 heavy (non-hydrogen) atoms. The van der Waals surface area contributed by atoms with Crippen LogP contribution in [0, 0.1) is 0 Å². The molecule has 12 nitrogen and oxygen atoms in total. The van der Waals surface area contributed by atoms with Crippen LogP contribution in [0.4, 0.5) is 0 Å². The first-order chi connectivity index (χ1) is 21.9. The molecule has 0 amide bonds. The molecule has 0 aliphatic rings. The number of hydrogen-bond donors (Lipinski definition) is 0. The van der Waals surface area contributed by atoms with Gasteiger partial charge in [-0.3, -0.25) is 0 Å². The summed E-state index contributed by atoms with van der Waals surface area (Å²) in [5.74, 6) is 0. The summed E-state index contributed by atoms with van der Waals surface area (Å²) in [6, 6.07) is 0. The fourth-order valence-electron chi connectivity index (χ4n) is 3.24. The molecule has 0 bridgehead atoms. The van der Waals surface area contributed by atoms with Crippen molar-refractivity contribution in [1.29, 1.82) is 0 Å². The van der Waals surface area contributed by atoms with Crippen molar-refractivity contribution in [2.45, 2.75) is 25.7 Å². The van der Waals surface area contributed by atoms with Gasteiger partial charge in [-0.2, -0.15) is 0 Å². The standard InChI is InChI=1S/C31H61IO12/c1-2-8-33-10-12-35-14-16-37-18-20-39-22-24-41-26-28-43-30-31-44-29-27-42-25-23-40-21-19-38-17-15-36-13-11-34-9-6-4-3-5-7-32/h2H,1,3-31H2. The highest BCUT2D eigenvalue weighted by atomic mass is 127. The number of unbranched alkanes of at least 4 members (excludes halogenated alkanes) is 3. The normalized spacial score (nSPS) is 11.5. The summed E-state index contributed by atoms with van der Waals surface area (Å²) in [5.41, 5.74) is 0. The molecule has 0 atom stereocenters. The Labute approximate surface area is 280 Å². The van der Waals surface area contributed by atoms with E-state index >= 15 is 0 Å². The van der Waals surface area contributed by atoms with Gasteiger partial charge in [0, 0.05) is 6.61 Å². The first-order valence-corrected chi connectivity index (χ1v) is 17.5. The van der Waals surface area contributed by atoms with E-state index in [1.165, 1.54) is 23.7 Å². The van der Waals surface area contributed by atoms with Crippen LogP contribution in [-0.2, 0) is 56.8 Å². The van der Waals surface area contributed by atoms with Crippen molar-refractivity contribution in [2.75, 3.05) is 163 Å². The van der Waals surface area contributed by atoms with Gasteiger partial charge in [0.15, 0.2) is 0 Å². The Morgan fingerprint density at radius 2 is 0.523 bits per heavy atom. The van der Waals surface area contributed by atoms with E-state index in [9.17, 15) is 0 Å². The molecular weight excluding hydrogens is 691 g/mol. The van der Waals surface area contributed by atoms with E-state index in [0.717, 1.165) is 13.0 Å². The third-order valence-corrected chi connectivity index (χ3v) is 6.26. The second-order valence-corrected chi connectivity index (χ2v) is 10.3. The molecule has 13 heteroatoms. The molecule has 0 heterocycles. The Hall–Kier alpha value is -0.0100. The summed E-state index contributed by atoms with van der Waals surface area (Å²) in [7, 11) is 0. The lowest BCUT2D eigenvalue weighted by Crippen LogP contribution is -2.15. The van der Waals surface area contributed by atoms with E-state index in [0.29, 0.717) is 152 Å². The molecule has 0 aliphatic heterocycles. The minimum atomic E-state index is 0.518. The first-order valence-electron chi connectivity index (χ1n) is 16.0. The predicted octanol–water partition coefficient (Wildman–Crippen LogP) is 3.37. The molecule has 0 aliphatic carbocycles. The van der Waals surface area contributed by atoms with Crippen LogP contribution >= 0.6 is 22.6 Å². The summed E-state index contributed by atoms with van der Waals surface area (Å²) in [5, 5.41) is 0. The molecule has 264 valence electrons. The van der Waals surface area contributed by atoms with Gasteiger partial charge in [-0.1, -0.05) is 41.5 Å². The van der Waals surface area contributed by atoms with E-state index in [1.807, 2.05) is 0 Å². The average Bonchev–Trinajstić information content (AvgIpc) is 3.04. The lowest BCUT2D eigenvalue weighted by atomic mass is 10.2. The molecule has 0 aromatic heterocycles. The van der Waals surface area contributed by atoms with Crippen LogP contribution in [0.1, 0.15) is 25.7 Å². The Bertz CT molecular complexity index is 522. The molecule has 0 fully saturated rings. The van der Waals surface area contributed by atoms with Gasteiger partial charge in [-0.05, 0) is 17.3 Å². The van der Waals surface area contributed by atoms with Crippen LogP contribution in [0.3, 0.4) is 0 Å². The quantitative estimate of drug-likeness (QED) is 0.0396. The summed E-state index contributed by atoms with van der Waals surface area (Å²) < 4.78 is 66.6. The smallest absolute Gasteiger partial charge is 0.0704 e. The highest BCUT2D eigenvalue weighted by Crippen LogP contribution is 2.02. The van der Waals surface area contributed by atoms with Gasteiger partial charge >= 0.3 is 0 Å². The minimum Gasteiger partial charge on any atom is -0.379 e. The van der Waals surface area contributed by atoms with Crippen molar-refractivity contribution in [1.82, 2.24) is 0 Å². The van der Waals surface area contributed by atoms with Crippen molar-refractivity contribution in [3.63, 3.8) is 0 Å². The Kier molecular flexibility index (Phi) is 43.0.